The predicted molar refractivity (Wildman–Crippen MR) is 73.6 cm³/mol. The molecule has 2 rings (SSSR count). The summed E-state index contributed by atoms with van der Waals surface area (Å²) >= 11 is 0. The maximum absolute atomic E-state index is 12.0. The lowest BCUT2D eigenvalue weighted by atomic mass is 9.98. The van der Waals surface area contributed by atoms with E-state index in [9.17, 15) is 14.9 Å². The molecule has 1 N–H and O–H groups in total. The summed E-state index contributed by atoms with van der Waals surface area (Å²) in [6.45, 7) is 6.42. The molecule has 1 aliphatic heterocycles. The van der Waals surface area contributed by atoms with Gasteiger partial charge in [-0.2, -0.15) is 5.26 Å². The van der Waals surface area contributed by atoms with E-state index >= 15 is 0 Å². The lowest BCUT2D eigenvalue weighted by Gasteiger charge is -2.34. The van der Waals surface area contributed by atoms with Crippen LogP contribution in [0.4, 0.5) is 0 Å². The van der Waals surface area contributed by atoms with Crippen molar-refractivity contribution in [2.75, 3.05) is 32.7 Å². The predicted octanol–water partition coefficient (Wildman–Crippen LogP) is -0.0410. The van der Waals surface area contributed by atoms with Crippen LogP contribution in [0.3, 0.4) is 0 Å². The monoisotopic (exact) mass is 278 g/mol. The number of rotatable bonds is 4. The first-order chi connectivity index (χ1) is 9.44. The zero-order valence-electron chi connectivity index (χ0n) is 12.2. The van der Waals surface area contributed by atoms with Crippen molar-refractivity contribution in [3.63, 3.8) is 0 Å². The van der Waals surface area contributed by atoms with Gasteiger partial charge in [-0.05, 0) is 25.7 Å². The summed E-state index contributed by atoms with van der Waals surface area (Å²) in [7, 11) is 0. The van der Waals surface area contributed by atoms with Gasteiger partial charge in [0.25, 0.3) is 0 Å². The highest BCUT2D eigenvalue weighted by molar-refractivity contribution is 5.79. The fourth-order valence-electron chi connectivity index (χ4n) is 2.64. The Labute approximate surface area is 119 Å². The van der Waals surface area contributed by atoms with Gasteiger partial charge in [-0.3, -0.25) is 14.5 Å². The molecule has 0 spiro atoms. The highest BCUT2D eigenvalue weighted by atomic mass is 16.2. The minimum absolute atomic E-state index is 0.0832. The number of carbonyl (C=O) groups excluding carboxylic acids is 2. The molecule has 1 saturated carbocycles. The van der Waals surface area contributed by atoms with Crippen LogP contribution in [0.5, 0.6) is 0 Å². The fraction of sp³-hybridized carbons (Fsp3) is 0.786. The SMILES string of the molecule is CC(=O)N1CCN(CC(=O)N[C@](C)(C#N)C2CC2)CC1. The van der Waals surface area contributed by atoms with Gasteiger partial charge in [0.05, 0.1) is 12.6 Å². The number of carbonyl (C=O) groups is 2. The maximum atomic E-state index is 12.0. The van der Waals surface area contributed by atoms with Crippen LogP contribution in [-0.4, -0.2) is 59.9 Å². The summed E-state index contributed by atoms with van der Waals surface area (Å²) in [5.74, 6) is 0.281. The van der Waals surface area contributed by atoms with Gasteiger partial charge in [-0.15, -0.1) is 0 Å². The Morgan fingerprint density at radius 2 is 1.90 bits per heavy atom. The van der Waals surface area contributed by atoms with E-state index in [0.717, 1.165) is 12.8 Å². The standard InChI is InChI=1S/C14H22N4O2/c1-11(19)18-7-5-17(6-8-18)9-13(20)16-14(2,10-15)12-3-4-12/h12H,3-9H2,1-2H3,(H,16,20)/t14-/m1/s1. The molecule has 1 atom stereocenters. The van der Waals surface area contributed by atoms with E-state index < -0.39 is 5.54 Å². The highest BCUT2D eigenvalue weighted by Crippen LogP contribution is 2.39. The molecule has 20 heavy (non-hydrogen) atoms. The lowest BCUT2D eigenvalue weighted by Crippen LogP contribution is -2.54. The molecule has 0 aromatic heterocycles. The number of nitrogens with one attached hydrogen (secondary N) is 1. The Morgan fingerprint density at radius 3 is 2.35 bits per heavy atom. The summed E-state index contributed by atoms with van der Waals surface area (Å²) in [5.41, 5.74) is -0.724. The minimum Gasteiger partial charge on any atom is -0.340 e. The zero-order valence-corrected chi connectivity index (χ0v) is 12.2. The third-order valence-corrected chi connectivity index (χ3v) is 4.21. The van der Waals surface area contributed by atoms with Crippen LogP contribution in [0.2, 0.25) is 0 Å². The first-order valence-electron chi connectivity index (χ1n) is 7.15. The number of amides is 2. The van der Waals surface area contributed by atoms with Gasteiger partial charge in [0, 0.05) is 33.1 Å². The number of piperazine rings is 1. The van der Waals surface area contributed by atoms with Gasteiger partial charge in [-0.25, -0.2) is 0 Å². The van der Waals surface area contributed by atoms with E-state index in [0.29, 0.717) is 38.6 Å². The molecule has 1 saturated heterocycles. The van der Waals surface area contributed by atoms with Crippen molar-refractivity contribution in [3.05, 3.63) is 0 Å². The number of nitriles is 1. The minimum atomic E-state index is -0.724. The normalized spacial score (nSPS) is 22.8. The lowest BCUT2D eigenvalue weighted by molar-refractivity contribution is -0.131. The van der Waals surface area contributed by atoms with E-state index in [4.69, 9.17) is 0 Å². The second kappa shape index (κ2) is 5.80. The second-order valence-electron chi connectivity index (χ2n) is 5.92. The third kappa shape index (κ3) is 3.48. The molecule has 1 heterocycles. The second-order valence-corrected chi connectivity index (χ2v) is 5.92. The molecular weight excluding hydrogens is 256 g/mol. The van der Waals surface area contributed by atoms with Gasteiger partial charge in [-0.1, -0.05) is 0 Å². The van der Waals surface area contributed by atoms with Crippen LogP contribution in [-0.2, 0) is 9.59 Å². The Balaban J connectivity index is 1.78. The summed E-state index contributed by atoms with van der Waals surface area (Å²) in [4.78, 5) is 27.1. The first kappa shape index (κ1) is 14.8. The highest BCUT2D eigenvalue weighted by Gasteiger charge is 2.43. The van der Waals surface area contributed by atoms with Crippen LogP contribution < -0.4 is 5.32 Å². The molecule has 0 unspecified atom stereocenters. The molecule has 2 aliphatic rings. The van der Waals surface area contributed by atoms with Gasteiger partial charge in [0.15, 0.2) is 0 Å². The number of nitrogens with zero attached hydrogens (tertiary/aromatic N) is 3. The zero-order chi connectivity index (χ0) is 14.8. The average Bonchev–Trinajstić information content (AvgIpc) is 3.23. The smallest absolute Gasteiger partial charge is 0.235 e. The first-order valence-corrected chi connectivity index (χ1v) is 7.15. The van der Waals surface area contributed by atoms with Gasteiger partial charge >= 0.3 is 0 Å². The summed E-state index contributed by atoms with van der Waals surface area (Å²) in [5, 5.41) is 12.1. The summed E-state index contributed by atoms with van der Waals surface area (Å²) < 4.78 is 0. The fourth-order valence-corrected chi connectivity index (χ4v) is 2.64. The van der Waals surface area contributed by atoms with Gasteiger partial charge in [0.2, 0.25) is 11.8 Å². The van der Waals surface area contributed by atoms with Crippen molar-refractivity contribution in [3.8, 4) is 6.07 Å². The van der Waals surface area contributed by atoms with E-state index in [2.05, 4.69) is 11.4 Å². The van der Waals surface area contributed by atoms with Gasteiger partial charge in [0.1, 0.15) is 5.54 Å². The van der Waals surface area contributed by atoms with E-state index in [1.165, 1.54) is 0 Å². The number of hydrogen-bond acceptors (Lipinski definition) is 4. The van der Waals surface area contributed by atoms with Crippen molar-refractivity contribution in [1.82, 2.24) is 15.1 Å². The Hall–Kier alpha value is -1.61. The molecule has 6 nitrogen and oxygen atoms in total. The van der Waals surface area contributed by atoms with Crippen molar-refractivity contribution in [2.45, 2.75) is 32.2 Å². The quantitative estimate of drug-likeness (QED) is 0.783. The Bertz CT molecular complexity index is 433. The van der Waals surface area contributed by atoms with Crippen molar-refractivity contribution in [2.24, 2.45) is 5.92 Å². The molecule has 0 bridgehead atoms. The third-order valence-electron chi connectivity index (χ3n) is 4.21. The van der Waals surface area contributed by atoms with E-state index in [1.807, 2.05) is 4.90 Å². The topological polar surface area (TPSA) is 76.4 Å². The van der Waals surface area contributed by atoms with Crippen molar-refractivity contribution < 1.29 is 9.59 Å². The summed E-state index contributed by atoms with van der Waals surface area (Å²) in [6.07, 6.45) is 2.03. The molecule has 110 valence electrons. The van der Waals surface area contributed by atoms with Gasteiger partial charge < -0.3 is 10.2 Å². The van der Waals surface area contributed by atoms with Crippen LogP contribution in [0, 0.1) is 17.2 Å². The molecule has 0 aromatic rings. The van der Waals surface area contributed by atoms with Crippen LogP contribution >= 0.6 is 0 Å². The molecule has 0 aromatic carbocycles. The van der Waals surface area contributed by atoms with Crippen LogP contribution in [0.25, 0.3) is 0 Å². The molecule has 1 aliphatic carbocycles. The van der Waals surface area contributed by atoms with Crippen molar-refractivity contribution >= 4 is 11.8 Å². The summed E-state index contributed by atoms with van der Waals surface area (Å²) in [6, 6.07) is 2.23. The number of hydrogen-bond donors (Lipinski definition) is 1. The maximum Gasteiger partial charge on any atom is 0.235 e. The molecule has 2 fully saturated rings. The largest absolute Gasteiger partial charge is 0.340 e. The van der Waals surface area contributed by atoms with E-state index in [-0.39, 0.29) is 11.8 Å². The van der Waals surface area contributed by atoms with Crippen molar-refractivity contribution in [1.29, 1.82) is 5.26 Å². The molecule has 0 radical (unpaired) electrons. The molecule has 6 heteroatoms. The average molecular weight is 278 g/mol. The molecule has 2 amide bonds. The Morgan fingerprint density at radius 1 is 1.30 bits per heavy atom. The van der Waals surface area contributed by atoms with Crippen LogP contribution in [0.1, 0.15) is 26.7 Å². The van der Waals surface area contributed by atoms with Crippen LogP contribution in [0.15, 0.2) is 0 Å². The Kier molecular flexibility index (Phi) is 4.29. The van der Waals surface area contributed by atoms with E-state index in [1.54, 1.807) is 18.7 Å². The molecular formula is C14H22N4O2.